The standard InChI is InChI=1S/C7H8F6O2/c1-4(8,9)5(2)14-3-6(10,15-5)7(11,12)13/h3H2,1-2H3. The molecule has 1 fully saturated rings. The van der Waals surface area contributed by atoms with E-state index in [9.17, 15) is 26.3 Å². The normalized spacial score (nSPS) is 38.4. The molecule has 1 rings (SSSR count). The lowest BCUT2D eigenvalue weighted by atomic mass is 10.2. The van der Waals surface area contributed by atoms with Gasteiger partial charge >= 0.3 is 12.0 Å². The van der Waals surface area contributed by atoms with Crippen LogP contribution in [0.15, 0.2) is 0 Å². The van der Waals surface area contributed by atoms with Crippen LogP contribution in [0.25, 0.3) is 0 Å². The molecule has 0 aromatic heterocycles. The largest absolute Gasteiger partial charge is 0.450 e. The molecule has 1 heterocycles. The summed E-state index contributed by atoms with van der Waals surface area (Å²) in [5, 5.41) is 0. The van der Waals surface area contributed by atoms with Crippen LogP contribution in [0.2, 0.25) is 0 Å². The SMILES string of the molecule is CC(F)(F)C1(C)OCC(F)(C(F)(F)F)O1. The summed E-state index contributed by atoms with van der Waals surface area (Å²) in [4.78, 5) is 0. The lowest BCUT2D eigenvalue weighted by Crippen LogP contribution is -2.49. The second-order valence-electron chi connectivity index (χ2n) is 3.45. The first-order valence-corrected chi connectivity index (χ1v) is 3.89. The summed E-state index contributed by atoms with van der Waals surface area (Å²) in [5.41, 5.74) is 0. The minimum absolute atomic E-state index is 0.287. The van der Waals surface area contributed by atoms with Gasteiger partial charge in [-0.15, -0.1) is 0 Å². The maximum absolute atomic E-state index is 13.0. The van der Waals surface area contributed by atoms with Gasteiger partial charge in [-0.05, 0) is 6.92 Å². The van der Waals surface area contributed by atoms with Gasteiger partial charge in [0.05, 0.1) is 0 Å². The first-order valence-electron chi connectivity index (χ1n) is 3.89. The molecule has 0 spiro atoms. The Bertz CT molecular complexity index is 233. The van der Waals surface area contributed by atoms with Crippen molar-refractivity contribution < 1.29 is 35.8 Å². The molecule has 2 unspecified atom stereocenters. The van der Waals surface area contributed by atoms with E-state index in [-0.39, 0.29) is 6.92 Å². The Morgan fingerprint density at radius 1 is 1.13 bits per heavy atom. The molecule has 0 bridgehead atoms. The summed E-state index contributed by atoms with van der Waals surface area (Å²) in [5.74, 6) is -10.8. The van der Waals surface area contributed by atoms with Gasteiger partial charge in [0.15, 0.2) is 0 Å². The van der Waals surface area contributed by atoms with Crippen LogP contribution in [0, 0.1) is 0 Å². The molecule has 0 radical (unpaired) electrons. The number of hydrogen-bond acceptors (Lipinski definition) is 2. The zero-order chi connectivity index (χ0) is 12.1. The van der Waals surface area contributed by atoms with Crippen LogP contribution >= 0.6 is 0 Å². The van der Waals surface area contributed by atoms with Gasteiger partial charge in [-0.2, -0.15) is 17.6 Å². The zero-order valence-corrected chi connectivity index (χ0v) is 7.79. The summed E-state index contributed by atoms with van der Waals surface area (Å²) >= 11 is 0. The molecule has 0 aromatic carbocycles. The Morgan fingerprint density at radius 2 is 1.60 bits per heavy atom. The minimum Gasteiger partial charge on any atom is -0.339 e. The molecule has 8 heteroatoms. The third-order valence-electron chi connectivity index (χ3n) is 2.11. The smallest absolute Gasteiger partial charge is 0.339 e. The third kappa shape index (κ3) is 1.92. The van der Waals surface area contributed by atoms with Gasteiger partial charge in [0, 0.05) is 6.92 Å². The quantitative estimate of drug-likeness (QED) is 0.654. The molecule has 1 aliphatic rings. The summed E-state index contributed by atoms with van der Waals surface area (Å²) in [6.07, 6.45) is -5.41. The Hall–Kier alpha value is -0.500. The molecule has 2 nitrogen and oxygen atoms in total. The molecular weight excluding hydrogens is 230 g/mol. The van der Waals surface area contributed by atoms with Crippen LogP contribution in [0.5, 0.6) is 0 Å². The summed E-state index contributed by atoms with van der Waals surface area (Å²) < 4.78 is 82.5. The second-order valence-corrected chi connectivity index (χ2v) is 3.45. The predicted molar refractivity (Wildman–Crippen MR) is 36.0 cm³/mol. The third-order valence-corrected chi connectivity index (χ3v) is 2.11. The molecule has 1 aliphatic heterocycles. The Labute approximate surface area is 81.1 Å². The first kappa shape index (κ1) is 12.6. The van der Waals surface area contributed by atoms with E-state index in [0.29, 0.717) is 6.92 Å². The van der Waals surface area contributed by atoms with Gasteiger partial charge in [-0.25, -0.2) is 8.78 Å². The first-order chi connectivity index (χ1) is 6.41. The van der Waals surface area contributed by atoms with Crippen molar-refractivity contribution in [3.05, 3.63) is 0 Å². The monoisotopic (exact) mass is 238 g/mol. The highest BCUT2D eigenvalue weighted by Gasteiger charge is 2.69. The maximum Gasteiger partial charge on any atom is 0.450 e. The van der Waals surface area contributed by atoms with Crippen LogP contribution in [-0.4, -0.2) is 30.3 Å². The van der Waals surface area contributed by atoms with Crippen LogP contribution in [0.4, 0.5) is 26.3 Å². The minimum atomic E-state index is -5.41. The van der Waals surface area contributed by atoms with Crippen molar-refractivity contribution in [2.45, 2.75) is 37.6 Å². The van der Waals surface area contributed by atoms with E-state index in [2.05, 4.69) is 9.47 Å². The Kier molecular flexibility index (Phi) is 2.52. The van der Waals surface area contributed by atoms with Crippen molar-refractivity contribution >= 4 is 0 Å². The molecule has 0 aromatic rings. The van der Waals surface area contributed by atoms with E-state index in [1.807, 2.05) is 0 Å². The highest BCUT2D eigenvalue weighted by atomic mass is 19.4. The fourth-order valence-electron chi connectivity index (χ4n) is 0.954. The number of ether oxygens (including phenoxy) is 2. The van der Waals surface area contributed by atoms with Gasteiger partial charge in [-0.3, -0.25) is 4.74 Å². The molecule has 0 amide bonds. The van der Waals surface area contributed by atoms with Crippen LogP contribution < -0.4 is 0 Å². The molecule has 15 heavy (non-hydrogen) atoms. The van der Waals surface area contributed by atoms with E-state index in [1.54, 1.807) is 0 Å². The van der Waals surface area contributed by atoms with Gasteiger partial charge < -0.3 is 4.74 Å². The number of hydrogen-bond donors (Lipinski definition) is 0. The second kappa shape index (κ2) is 3.00. The van der Waals surface area contributed by atoms with Gasteiger partial charge in [-0.1, -0.05) is 0 Å². The molecule has 0 N–H and O–H groups in total. The topological polar surface area (TPSA) is 18.5 Å². The van der Waals surface area contributed by atoms with E-state index in [1.165, 1.54) is 0 Å². The number of halogens is 6. The van der Waals surface area contributed by atoms with Gasteiger partial charge in [0.25, 0.3) is 5.92 Å². The summed E-state index contributed by atoms with van der Waals surface area (Å²) in [6, 6.07) is 0. The number of alkyl halides is 6. The van der Waals surface area contributed by atoms with Crippen molar-refractivity contribution in [2.75, 3.05) is 6.61 Å². The predicted octanol–water partition coefficient (Wildman–Crippen LogP) is 2.63. The van der Waals surface area contributed by atoms with Crippen LogP contribution in [-0.2, 0) is 9.47 Å². The molecular formula is C7H8F6O2. The van der Waals surface area contributed by atoms with E-state index >= 15 is 0 Å². The average molecular weight is 238 g/mol. The molecule has 0 aliphatic carbocycles. The van der Waals surface area contributed by atoms with E-state index in [0.717, 1.165) is 0 Å². The number of rotatable bonds is 1. The fourth-order valence-corrected chi connectivity index (χ4v) is 0.954. The van der Waals surface area contributed by atoms with E-state index < -0.39 is 30.3 Å². The summed E-state index contributed by atoms with van der Waals surface area (Å²) in [6.45, 7) is -0.758. The van der Waals surface area contributed by atoms with Crippen molar-refractivity contribution in [3.63, 3.8) is 0 Å². The van der Waals surface area contributed by atoms with E-state index in [4.69, 9.17) is 0 Å². The highest BCUT2D eigenvalue weighted by molar-refractivity contribution is 4.92. The molecule has 90 valence electrons. The molecule has 0 saturated carbocycles. The Morgan fingerprint density at radius 3 is 1.80 bits per heavy atom. The van der Waals surface area contributed by atoms with Gasteiger partial charge in [0.1, 0.15) is 6.61 Å². The molecule has 1 saturated heterocycles. The van der Waals surface area contributed by atoms with Crippen LogP contribution in [0.3, 0.4) is 0 Å². The lowest BCUT2D eigenvalue weighted by Gasteiger charge is -2.30. The summed E-state index contributed by atoms with van der Waals surface area (Å²) in [7, 11) is 0. The van der Waals surface area contributed by atoms with Crippen molar-refractivity contribution in [2.24, 2.45) is 0 Å². The van der Waals surface area contributed by atoms with Crippen molar-refractivity contribution in [1.82, 2.24) is 0 Å². The molecule has 2 atom stereocenters. The van der Waals surface area contributed by atoms with Crippen molar-refractivity contribution in [3.8, 4) is 0 Å². The highest BCUT2D eigenvalue weighted by Crippen LogP contribution is 2.48. The average Bonchev–Trinajstić information content (AvgIpc) is 2.26. The van der Waals surface area contributed by atoms with Gasteiger partial charge in [0.2, 0.25) is 5.79 Å². The van der Waals surface area contributed by atoms with Crippen molar-refractivity contribution in [1.29, 1.82) is 0 Å². The maximum atomic E-state index is 13.0. The zero-order valence-electron chi connectivity index (χ0n) is 7.79. The fraction of sp³-hybridized carbons (Fsp3) is 1.00. The lowest BCUT2D eigenvalue weighted by molar-refractivity contribution is -0.363. The van der Waals surface area contributed by atoms with Crippen LogP contribution in [0.1, 0.15) is 13.8 Å². The Balaban J connectivity index is 2.93.